The minimum atomic E-state index is -0.122. The van der Waals surface area contributed by atoms with Gasteiger partial charge in [-0.15, -0.1) is 0 Å². The van der Waals surface area contributed by atoms with Crippen LogP contribution in [0.5, 0.6) is 0 Å². The highest BCUT2D eigenvalue weighted by Gasteiger charge is 2.62. The van der Waals surface area contributed by atoms with Crippen molar-refractivity contribution in [2.24, 2.45) is 11.8 Å². The van der Waals surface area contributed by atoms with Crippen molar-refractivity contribution in [1.82, 2.24) is 23.9 Å². The topological polar surface area (TPSA) is 80.2 Å². The van der Waals surface area contributed by atoms with Crippen LogP contribution in [0.25, 0.3) is 0 Å². The molecule has 142 valence electrons. The smallest absolute Gasteiger partial charge is 0.272 e. The highest BCUT2D eigenvalue weighted by atomic mass is 32.1. The second-order valence-corrected chi connectivity index (χ2v) is 8.50. The average Bonchev–Trinajstić information content (AvgIpc) is 3.41. The summed E-state index contributed by atoms with van der Waals surface area (Å²) >= 11 is 1.08. The van der Waals surface area contributed by atoms with E-state index in [0.29, 0.717) is 29.8 Å². The molecule has 0 radical (unpaired) electrons. The summed E-state index contributed by atoms with van der Waals surface area (Å²) in [5.41, 5.74) is 2.35. The number of aromatic nitrogens is 3. The average molecular weight is 385 g/mol. The lowest BCUT2D eigenvalue weighted by atomic mass is 9.73. The SMILES string of the molecule is Cc1nsnc1C(=O)NC[C@H]1[C@H]2CN(Cc3cccnc3)C[C@]23CC[C@H]1O3. The van der Waals surface area contributed by atoms with Gasteiger partial charge in [0.2, 0.25) is 0 Å². The number of amides is 1. The highest BCUT2D eigenvalue weighted by molar-refractivity contribution is 6.99. The largest absolute Gasteiger partial charge is 0.370 e. The van der Waals surface area contributed by atoms with Crippen molar-refractivity contribution >= 4 is 17.6 Å². The number of ether oxygens (including phenoxy) is 1. The maximum atomic E-state index is 12.4. The number of hydrogen-bond donors (Lipinski definition) is 1. The molecule has 3 aliphatic rings. The molecular formula is C19H23N5O2S. The molecule has 0 saturated carbocycles. The summed E-state index contributed by atoms with van der Waals surface area (Å²) in [4.78, 5) is 19.1. The first kappa shape index (κ1) is 17.2. The molecule has 2 aromatic rings. The monoisotopic (exact) mass is 385 g/mol. The van der Waals surface area contributed by atoms with Gasteiger partial charge < -0.3 is 10.1 Å². The Morgan fingerprint density at radius 3 is 3.19 bits per heavy atom. The van der Waals surface area contributed by atoms with Gasteiger partial charge in [0.25, 0.3) is 5.91 Å². The minimum absolute atomic E-state index is 0.0274. The summed E-state index contributed by atoms with van der Waals surface area (Å²) in [6.45, 7) is 5.36. The van der Waals surface area contributed by atoms with Gasteiger partial charge in [0, 0.05) is 50.4 Å². The molecule has 8 heteroatoms. The molecule has 3 fully saturated rings. The van der Waals surface area contributed by atoms with Crippen LogP contribution in [-0.4, -0.2) is 55.9 Å². The number of carbonyl (C=O) groups excluding carboxylic acids is 1. The molecule has 27 heavy (non-hydrogen) atoms. The van der Waals surface area contributed by atoms with Crippen LogP contribution in [0.1, 0.15) is 34.6 Å². The van der Waals surface area contributed by atoms with Gasteiger partial charge in [0.15, 0.2) is 5.69 Å². The molecule has 2 aromatic heterocycles. The fourth-order valence-corrected chi connectivity index (χ4v) is 5.71. The van der Waals surface area contributed by atoms with Gasteiger partial charge >= 0.3 is 0 Å². The zero-order valence-electron chi connectivity index (χ0n) is 15.3. The van der Waals surface area contributed by atoms with Crippen LogP contribution in [0.2, 0.25) is 0 Å². The van der Waals surface area contributed by atoms with E-state index in [-0.39, 0.29) is 17.6 Å². The van der Waals surface area contributed by atoms with Crippen molar-refractivity contribution in [3.05, 3.63) is 41.5 Å². The predicted molar refractivity (Wildman–Crippen MR) is 100 cm³/mol. The minimum Gasteiger partial charge on any atom is -0.370 e. The van der Waals surface area contributed by atoms with Gasteiger partial charge in [-0.3, -0.25) is 14.7 Å². The standard InChI is InChI=1S/C19H23N5O2S/c1-12-17(23-27-22-12)18(25)21-8-14-15-10-24(9-13-3-2-6-20-7-13)11-19(15)5-4-16(14)26-19/h2-3,6-7,14-16H,4-5,8-11H2,1H3,(H,21,25)/t14-,15+,16+,19+/m0/s1. The van der Waals surface area contributed by atoms with Gasteiger partial charge in [-0.05, 0) is 31.4 Å². The fraction of sp³-hybridized carbons (Fsp3) is 0.579. The maximum absolute atomic E-state index is 12.4. The zero-order chi connectivity index (χ0) is 18.4. The van der Waals surface area contributed by atoms with Crippen molar-refractivity contribution in [3.63, 3.8) is 0 Å². The second kappa shape index (κ2) is 6.61. The highest BCUT2D eigenvalue weighted by Crippen LogP contribution is 2.54. The van der Waals surface area contributed by atoms with Gasteiger partial charge in [0.1, 0.15) is 0 Å². The molecule has 2 bridgehead atoms. The number of rotatable bonds is 5. The van der Waals surface area contributed by atoms with E-state index in [0.717, 1.165) is 44.2 Å². The third kappa shape index (κ3) is 2.96. The molecule has 0 unspecified atom stereocenters. The molecule has 4 atom stereocenters. The predicted octanol–water partition coefficient (Wildman–Crippen LogP) is 1.65. The van der Waals surface area contributed by atoms with Crippen molar-refractivity contribution in [2.75, 3.05) is 19.6 Å². The molecule has 1 amide bonds. The van der Waals surface area contributed by atoms with E-state index in [4.69, 9.17) is 4.74 Å². The van der Waals surface area contributed by atoms with E-state index >= 15 is 0 Å². The van der Waals surface area contributed by atoms with Crippen molar-refractivity contribution in [2.45, 2.75) is 38.0 Å². The van der Waals surface area contributed by atoms with Crippen LogP contribution in [-0.2, 0) is 11.3 Å². The van der Waals surface area contributed by atoms with Crippen LogP contribution >= 0.6 is 11.7 Å². The first-order valence-electron chi connectivity index (χ1n) is 9.51. The number of aryl methyl sites for hydroxylation is 1. The lowest BCUT2D eigenvalue weighted by Gasteiger charge is -2.29. The Morgan fingerprint density at radius 1 is 1.48 bits per heavy atom. The molecule has 0 aromatic carbocycles. The van der Waals surface area contributed by atoms with E-state index in [2.05, 4.69) is 30.0 Å². The van der Waals surface area contributed by atoms with Gasteiger partial charge in [-0.1, -0.05) is 6.07 Å². The number of likely N-dealkylation sites (tertiary alicyclic amines) is 1. The van der Waals surface area contributed by atoms with Crippen LogP contribution in [0.4, 0.5) is 0 Å². The fourth-order valence-electron chi connectivity index (χ4n) is 5.16. The van der Waals surface area contributed by atoms with Gasteiger partial charge in [-0.2, -0.15) is 8.75 Å². The van der Waals surface area contributed by atoms with E-state index in [9.17, 15) is 4.79 Å². The zero-order valence-corrected chi connectivity index (χ0v) is 16.1. The molecule has 3 saturated heterocycles. The van der Waals surface area contributed by atoms with Crippen molar-refractivity contribution in [1.29, 1.82) is 0 Å². The lowest BCUT2D eigenvalue weighted by Crippen LogP contribution is -2.42. The number of carbonyl (C=O) groups is 1. The van der Waals surface area contributed by atoms with E-state index in [1.165, 1.54) is 5.56 Å². The van der Waals surface area contributed by atoms with Crippen LogP contribution in [0, 0.1) is 18.8 Å². The molecule has 1 N–H and O–H groups in total. The first-order valence-corrected chi connectivity index (χ1v) is 10.2. The quantitative estimate of drug-likeness (QED) is 0.843. The van der Waals surface area contributed by atoms with E-state index < -0.39 is 0 Å². The number of pyridine rings is 1. The summed E-state index contributed by atoms with van der Waals surface area (Å²) in [5.74, 6) is 0.722. The molecule has 5 rings (SSSR count). The van der Waals surface area contributed by atoms with Crippen LogP contribution in [0.15, 0.2) is 24.5 Å². The Balaban J connectivity index is 1.25. The molecule has 0 aliphatic carbocycles. The molecule has 5 heterocycles. The number of hydrogen-bond acceptors (Lipinski definition) is 7. The van der Waals surface area contributed by atoms with E-state index in [1.54, 1.807) is 0 Å². The normalized spacial score (nSPS) is 32.0. The first-order chi connectivity index (χ1) is 13.1. The summed E-state index contributed by atoms with van der Waals surface area (Å²) in [5, 5.41) is 3.08. The Bertz CT molecular complexity index is 844. The van der Waals surface area contributed by atoms with Crippen LogP contribution in [0.3, 0.4) is 0 Å². The van der Waals surface area contributed by atoms with Crippen molar-refractivity contribution in [3.8, 4) is 0 Å². The van der Waals surface area contributed by atoms with Gasteiger partial charge in [-0.25, -0.2) is 0 Å². The van der Waals surface area contributed by atoms with Crippen LogP contribution < -0.4 is 5.32 Å². The molecule has 3 aliphatic heterocycles. The Labute approximate surface area is 162 Å². The number of fused-ring (bicyclic) bond motifs is 1. The summed E-state index contributed by atoms with van der Waals surface area (Å²) < 4.78 is 14.7. The van der Waals surface area contributed by atoms with Crippen molar-refractivity contribution < 1.29 is 9.53 Å². The molecule has 7 nitrogen and oxygen atoms in total. The van der Waals surface area contributed by atoms with Gasteiger partial charge in [0.05, 0.1) is 29.1 Å². The Kier molecular flexibility index (Phi) is 4.22. The van der Waals surface area contributed by atoms with E-state index in [1.807, 2.05) is 25.4 Å². The number of nitrogens with one attached hydrogen (secondary N) is 1. The third-order valence-corrected chi connectivity index (χ3v) is 6.97. The maximum Gasteiger partial charge on any atom is 0.272 e. The third-order valence-electron chi connectivity index (χ3n) is 6.35. The summed E-state index contributed by atoms with van der Waals surface area (Å²) in [6.07, 6.45) is 6.24. The summed E-state index contributed by atoms with van der Waals surface area (Å²) in [6, 6.07) is 4.11. The molecular weight excluding hydrogens is 362 g/mol. The summed E-state index contributed by atoms with van der Waals surface area (Å²) in [7, 11) is 0. The molecule has 1 spiro atoms. The Morgan fingerprint density at radius 2 is 2.41 bits per heavy atom. The lowest BCUT2D eigenvalue weighted by molar-refractivity contribution is 0.00211. The second-order valence-electron chi connectivity index (χ2n) is 7.97. The number of nitrogens with zero attached hydrogens (tertiary/aromatic N) is 4. The Hall–Kier alpha value is -1.90.